The number of benzene rings is 1. The first-order valence-corrected chi connectivity index (χ1v) is 9.14. The van der Waals surface area contributed by atoms with E-state index in [0.717, 1.165) is 4.90 Å². The van der Waals surface area contributed by atoms with E-state index in [2.05, 4.69) is 5.32 Å². The van der Waals surface area contributed by atoms with Crippen molar-refractivity contribution < 1.29 is 22.8 Å². The lowest BCUT2D eigenvalue weighted by molar-refractivity contribution is -0.121. The number of hydrogen-bond donors (Lipinski definition) is 1. The van der Waals surface area contributed by atoms with Crippen LogP contribution in [0, 0.1) is 0 Å². The van der Waals surface area contributed by atoms with Crippen molar-refractivity contribution >= 4 is 27.6 Å². The van der Waals surface area contributed by atoms with Gasteiger partial charge in [-0.05, 0) is 18.6 Å². The summed E-state index contributed by atoms with van der Waals surface area (Å²) in [4.78, 5) is 37.2. The van der Waals surface area contributed by atoms with Gasteiger partial charge in [-0.1, -0.05) is 12.1 Å². The normalized spacial score (nSPS) is 22.3. The Hall–Kier alpha value is -2.22. The van der Waals surface area contributed by atoms with Crippen molar-refractivity contribution in [2.45, 2.75) is 18.9 Å². The van der Waals surface area contributed by atoms with Crippen LogP contribution in [0.5, 0.6) is 0 Å². The van der Waals surface area contributed by atoms with Crippen molar-refractivity contribution in [2.24, 2.45) is 0 Å². The number of nitrogens with zero attached hydrogens (tertiary/aromatic N) is 1. The summed E-state index contributed by atoms with van der Waals surface area (Å²) in [7, 11) is -3.06. The largest absolute Gasteiger partial charge is 0.352 e. The molecule has 1 saturated heterocycles. The molecule has 122 valence electrons. The van der Waals surface area contributed by atoms with Crippen molar-refractivity contribution in [1.82, 2.24) is 10.2 Å². The summed E-state index contributed by atoms with van der Waals surface area (Å²) in [6.07, 6.45) is 0.364. The van der Waals surface area contributed by atoms with Crippen LogP contribution in [0.3, 0.4) is 0 Å². The molecule has 1 N–H and O–H groups in total. The van der Waals surface area contributed by atoms with Gasteiger partial charge in [-0.25, -0.2) is 8.42 Å². The Morgan fingerprint density at radius 1 is 1.17 bits per heavy atom. The molecule has 8 heteroatoms. The zero-order valence-electron chi connectivity index (χ0n) is 12.3. The standard InChI is InChI=1S/C15H16N2O5S/c18-13(16-10-6-8-23(21,22)9-10)5-7-17-14(19)11-3-1-2-4-12(11)15(17)20/h1-4,10H,5-9H2,(H,16,18)/t10-/m1/s1. The number of carbonyl (C=O) groups is 3. The molecule has 0 aromatic heterocycles. The van der Waals surface area contributed by atoms with Gasteiger partial charge in [-0.3, -0.25) is 19.3 Å². The predicted octanol–water partition coefficient (Wildman–Crippen LogP) is -0.0240. The number of amides is 3. The molecule has 0 bridgehead atoms. The van der Waals surface area contributed by atoms with E-state index in [4.69, 9.17) is 0 Å². The first-order valence-electron chi connectivity index (χ1n) is 7.32. The molecule has 1 fully saturated rings. The fourth-order valence-corrected chi connectivity index (χ4v) is 4.54. The first-order chi connectivity index (χ1) is 10.9. The van der Waals surface area contributed by atoms with Crippen LogP contribution in [-0.2, 0) is 14.6 Å². The Kier molecular flexibility index (Phi) is 3.93. The predicted molar refractivity (Wildman–Crippen MR) is 81.6 cm³/mol. The summed E-state index contributed by atoms with van der Waals surface area (Å²) < 4.78 is 22.7. The summed E-state index contributed by atoms with van der Waals surface area (Å²) in [6.45, 7) is -0.0162. The molecule has 0 spiro atoms. The lowest BCUT2D eigenvalue weighted by atomic mass is 10.1. The van der Waals surface area contributed by atoms with Gasteiger partial charge in [-0.15, -0.1) is 0 Å². The van der Waals surface area contributed by atoms with E-state index in [1.165, 1.54) is 0 Å². The molecular formula is C15H16N2O5S. The van der Waals surface area contributed by atoms with E-state index in [1.807, 2.05) is 0 Å². The highest BCUT2D eigenvalue weighted by Gasteiger charge is 2.35. The van der Waals surface area contributed by atoms with Crippen LogP contribution in [0.15, 0.2) is 24.3 Å². The van der Waals surface area contributed by atoms with Gasteiger partial charge in [0, 0.05) is 19.0 Å². The van der Waals surface area contributed by atoms with Gasteiger partial charge in [-0.2, -0.15) is 0 Å². The molecule has 0 aliphatic carbocycles. The molecule has 3 rings (SSSR count). The van der Waals surface area contributed by atoms with Crippen molar-refractivity contribution in [3.8, 4) is 0 Å². The fraction of sp³-hybridized carbons (Fsp3) is 0.400. The average molecular weight is 336 g/mol. The van der Waals surface area contributed by atoms with Gasteiger partial charge in [0.05, 0.1) is 22.6 Å². The second kappa shape index (κ2) is 5.77. The number of rotatable bonds is 4. The fourth-order valence-electron chi connectivity index (χ4n) is 2.86. The van der Waals surface area contributed by atoms with Crippen LogP contribution in [0.4, 0.5) is 0 Å². The first kappa shape index (κ1) is 15.7. The molecule has 0 unspecified atom stereocenters. The third-order valence-electron chi connectivity index (χ3n) is 4.04. The van der Waals surface area contributed by atoms with Crippen LogP contribution in [-0.4, -0.2) is 55.1 Å². The van der Waals surface area contributed by atoms with Gasteiger partial charge in [0.15, 0.2) is 9.84 Å². The monoisotopic (exact) mass is 336 g/mol. The highest BCUT2D eigenvalue weighted by molar-refractivity contribution is 7.91. The van der Waals surface area contributed by atoms with E-state index in [-0.39, 0.29) is 36.4 Å². The molecule has 23 heavy (non-hydrogen) atoms. The van der Waals surface area contributed by atoms with E-state index in [1.54, 1.807) is 24.3 Å². The van der Waals surface area contributed by atoms with E-state index < -0.39 is 21.7 Å². The van der Waals surface area contributed by atoms with E-state index in [9.17, 15) is 22.8 Å². The SMILES string of the molecule is O=C(CCN1C(=O)c2ccccc2C1=O)N[C@@H]1CCS(=O)(=O)C1. The summed E-state index contributed by atoms with van der Waals surface area (Å²) in [5.41, 5.74) is 0.694. The molecule has 2 aliphatic heterocycles. The van der Waals surface area contributed by atoms with Crippen LogP contribution >= 0.6 is 0 Å². The summed E-state index contributed by atoms with van der Waals surface area (Å²) in [5, 5.41) is 2.64. The number of imide groups is 1. The maximum atomic E-state index is 12.1. The van der Waals surface area contributed by atoms with Crippen molar-refractivity contribution in [3.05, 3.63) is 35.4 Å². The number of sulfone groups is 1. The average Bonchev–Trinajstić information content (AvgIpc) is 2.96. The molecule has 0 saturated carbocycles. The minimum Gasteiger partial charge on any atom is -0.352 e. The molecule has 3 amide bonds. The van der Waals surface area contributed by atoms with Crippen LogP contribution in [0.2, 0.25) is 0 Å². The van der Waals surface area contributed by atoms with Crippen LogP contribution in [0.1, 0.15) is 33.6 Å². The number of hydrogen-bond acceptors (Lipinski definition) is 5. The molecule has 1 aromatic carbocycles. The lowest BCUT2D eigenvalue weighted by Crippen LogP contribution is -2.39. The molecule has 1 atom stereocenters. The number of carbonyl (C=O) groups excluding carboxylic acids is 3. The smallest absolute Gasteiger partial charge is 0.261 e. The van der Waals surface area contributed by atoms with Gasteiger partial charge in [0.1, 0.15) is 0 Å². The Morgan fingerprint density at radius 3 is 2.30 bits per heavy atom. The van der Waals surface area contributed by atoms with Crippen molar-refractivity contribution in [1.29, 1.82) is 0 Å². The molecule has 2 aliphatic rings. The highest BCUT2D eigenvalue weighted by Crippen LogP contribution is 2.22. The van der Waals surface area contributed by atoms with Gasteiger partial charge < -0.3 is 5.32 Å². The van der Waals surface area contributed by atoms with Crippen molar-refractivity contribution in [2.75, 3.05) is 18.1 Å². The third-order valence-corrected chi connectivity index (χ3v) is 5.81. The summed E-state index contributed by atoms with van der Waals surface area (Å²) in [5.74, 6) is -1.13. The highest BCUT2D eigenvalue weighted by atomic mass is 32.2. The zero-order valence-corrected chi connectivity index (χ0v) is 13.1. The third kappa shape index (κ3) is 3.12. The van der Waals surface area contributed by atoms with Gasteiger partial charge in [0.25, 0.3) is 11.8 Å². The van der Waals surface area contributed by atoms with Crippen LogP contribution in [0.25, 0.3) is 0 Å². The summed E-state index contributed by atoms with van der Waals surface area (Å²) >= 11 is 0. The van der Waals surface area contributed by atoms with Gasteiger partial charge in [0.2, 0.25) is 5.91 Å². The van der Waals surface area contributed by atoms with Gasteiger partial charge >= 0.3 is 0 Å². The zero-order chi connectivity index (χ0) is 16.6. The number of fused-ring (bicyclic) bond motifs is 1. The molecule has 7 nitrogen and oxygen atoms in total. The van der Waals surface area contributed by atoms with E-state index in [0.29, 0.717) is 17.5 Å². The second-order valence-electron chi connectivity index (χ2n) is 5.73. The molecular weight excluding hydrogens is 320 g/mol. The minimum atomic E-state index is -3.06. The second-order valence-corrected chi connectivity index (χ2v) is 7.95. The summed E-state index contributed by atoms with van der Waals surface area (Å²) in [6, 6.07) is 6.15. The molecule has 0 radical (unpaired) electrons. The Morgan fingerprint density at radius 2 is 1.78 bits per heavy atom. The van der Waals surface area contributed by atoms with E-state index >= 15 is 0 Å². The minimum absolute atomic E-state index is 0.0162. The Bertz CT molecular complexity index is 752. The quantitative estimate of drug-likeness (QED) is 0.779. The van der Waals surface area contributed by atoms with Crippen LogP contribution < -0.4 is 5.32 Å². The topological polar surface area (TPSA) is 101 Å². The maximum Gasteiger partial charge on any atom is 0.261 e. The molecule has 2 heterocycles. The Balaban J connectivity index is 1.56. The van der Waals surface area contributed by atoms with Crippen molar-refractivity contribution in [3.63, 3.8) is 0 Å². The molecule has 1 aromatic rings. The maximum absolute atomic E-state index is 12.1. The number of nitrogens with one attached hydrogen (secondary N) is 1. The lowest BCUT2D eigenvalue weighted by Gasteiger charge is -2.15. The Labute approximate surface area is 133 Å².